The van der Waals surface area contributed by atoms with Crippen molar-refractivity contribution in [3.05, 3.63) is 46.5 Å². The van der Waals surface area contributed by atoms with Crippen molar-refractivity contribution in [2.75, 3.05) is 18.2 Å². The predicted molar refractivity (Wildman–Crippen MR) is 85.4 cm³/mol. The van der Waals surface area contributed by atoms with E-state index in [-0.39, 0.29) is 5.56 Å². The molecule has 0 fully saturated rings. The van der Waals surface area contributed by atoms with Crippen LogP contribution in [0.25, 0.3) is 0 Å². The van der Waals surface area contributed by atoms with E-state index in [1.54, 1.807) is 13.2 Å². The second kappa shape index (κ2) is 5.93. The van der Waals surface area contributed by atoms with Gasteiger partial charge in [0.1, 0.15) is 5.75 Å². The van der Waals surface area contributed by atoms with Crippen LogP contribution in [-0.2, 0) is 0 Å². The summed E-state index contributed by atoms with van der Waals surface area (Å²) in [4.78, 5) is 11.6. The molecule has 0 atom stereocenters. The van der Waals surface area contributed by atoms with Gasteiger partial charge in [0.05, 0.1) is 29.1 Å². The number of aryl methyl sites for hydroxylation is 1. The number of methoxy groups -OCH3 is 1. The second-order valence-electron chi connectivity index (χ2n) is 4.62. The minimum atomic E-state index is -0.613. The van der Waals surface area contributed by atoms with Crippen molar-refractivity contribution in [1.29, 1.82) is 0 Å². The van der Waals surface area contributed by atoms with Crippen molar-refractivity contribution in [2.24, 2.45) is 5.73 Å². The van der Waals surface area contributed by atoms with Crippen LogP contribution in [0.5, 0.6) is 5.75 Å². The molecule has 0 unspecified atom stereocenters. The maximum absolute atomic E-state index is 11.6. The molecular formula is C15H16ClN3O2. The van der Waals surface area contributed by atoms with Crippen LogP contribution in [0.4, 0.5) is 17.1 Å². The number of hydrogen-bond acceptors (Lipinski definition) is 4. The van der Waals surface area contributed by atoms with Crippen LogP contribution in [0.2, 0.25) is 5.02 Å². The first-order valence-electron chi connectivity index (χ1n) is 6.23. The smallest absolute Gasteiger partial charge is 0.250 e. The van der Waals surface area contributed by atoms with Crippen LogP contribution in [0, 0.1) is 6.92 Å². The van der Waals surface area contributed by atoms with Gasteiger partial charge in [0.2, 0.25) is 0 Å². The summed E-state index contributed by atoms with van der Waals surface area (Å²) in [6, 6.07) is 8.67. The SMILES string of the molecule is COc1ccc(C)cc1Nc1c(Cl)cc(N)cc1C(N)=O. The van der Waals surface area contributed by atoms with E-state index in [0.717, 1.165) is 5.56 Å². The van der Waals surface area contributed by atoms with Crippen molar-refractivity contribution in [3.8, 4) is 5.75 Å². The molecule has 0 heterocycles. The highest BCUT2D eigenvalue weighted by Gasteiger charge is 2.15. The number of primary amides is 1. The Labute approximate surface area is 127 Å². The summed E-state index contributed by atoms with van der Waals surface area (Å²) in [5.41, 5.74) is 13.8. The average molecular weight is 306 g/mol. The summed E-state index contributed by atoms with van der Waals surface area (Å²) < 4.78 is 5.29. The molecule has 0 saturated heterocycles. The van der Waals surface area contributed by atoms with Gasteiger partial charge in [0.25, 0.3) is 5.91 Å². The van der Waals surface area contributed by atoms with E-state index >= 15 is 0 Å². The topological polar surface area (TPSA) is 90.4 Å². The molecule has 21 heavy (non-hydrogen) atoms. The zero-order chi connectivity index (χ0) is 15.6. The molecule has 0 bridgehead atoms. The molecule has 0 aliphatic rings. The first kappa shape index (κ1) is 15.0. The fourth-order valence-electron chi connectivity index (χ4n) is 2.00. The van der Waals surface area contributed by atoms with Crippen LogP contribution in [-0.4, -0.2) is 13.0 Å². The number of nitrogens with two attached hydrogens (primary N) is 2. The summed E-state index contributed by atoms with van der Waals surface area (Å²) in [7, 11) is 1.56. The van der Waals surface area contributed by atoms with E-state index in [1.165, 1.54) is 6.07 Å². The largest absolute Gasteiger partial charge is 0.495 e. The number of nitrogen functional groups attached to an aromatic ring is 1. The fraction of sp³-hybridized carbons (Fsp3) is 0.133. The molecule has 0 aliphatic carbocycles. The van der Waals surface area contributed by atoms with Crippen molar-refractivity contribution in [2.45, 2.75) is 6.92 Å². The van der Waals surface area contributed by atoms with E-state index in [4.69, 9.17) is 27.8 Å². The van der Waals surface area contributed by atoms with E-state index in [1.807, 2.05) is 25.1 Å². The zero-order valence-electron chi connectivity index (χ0n) is 11.7. The van der Waals surface area contributed by atoms with E-state index in [2.05, 4.69) is 5.32 Å². The molecule has 5 nitrogen and oxygen atoms in total. The lowest BCUT2D eigenvalue weighted by Gasteiger charge is -2.16. The number of benzene rings is 2. The molecule has 0 aliphatic heterocycles. The number of carbonyl (C=O) groups excluding carboxylic acids is 1. The Morgan fingerprint density at radius 1 is 1.29 bits per heavy atom. The first-order valence-corrected chi connectivity index (χ1v) is 6.60. The third kappa shape index (κ3) is 3.20. The average Bonchev–Trinajstić information content (AvgIpc) is 2.41. The molecule has 110 valence electrons. The summed E-state index contributed by atoms with van der Waals surface area (Å²) in [5, 5.41) is 3.41. The molecular weight excluding hydrogens is 290 g/mol. The van der Waals surface area contributed by atoms with E-state index in [0.29, 0.717) is 27.8 Å². The number of carbonyl (C=O) groups is 1. The van der Waals surface area contributed by atoms with Gasteiger partial charge in [-0.1, -0.05) is 17.7 Å². The van der Waals surface area contributed by atoms with Gasteiger partial charge >= 0.3 is 0 Å². The Balaban J connectivity index is 2.54. The van der Waals surface area contributed by atoms with Crippen molar-refractivity contribution >= 4 is 34.6 Å². The summed E-state index contributed by atoms with van der Waals surface area (Å²) in [6.45, 7) is 1.95. The van der Waals surface area contributed by atoms with Gasteiger partial charge in [-0.3, -0.25) is 4.79 Å². The molecule has 0 radical (unpaired) electrons. The van der Waals surface area contributed by atoms with Crippen LogP contribution >= 0.6 is 11.6 Å². The van der Waals surface area contributed by atoms with E-state index < -0.39 is 5.91 Å². The van der Waals surface area contributed by atoms with Crippen LogP contribution in [0.1, 0.15) is 15.9 Å². The third-order valence-corrected chi connectivity index (χ3v) is 3.29. The highest BCUT2D eigenvalue weighted by molar-refractivity contribution is 6.34. The number of rotatable bonds is 4. The molecule has 0 aromatic heterocycles. The van der Waals surface area contributed by atoms with Gasteiger partial charge in [-0.15, -0.1) is 0 Å². The first-order chi connectivity index (χ1) is 9.92. The second-order valence-corrected chi connectivity index (χ2v) is 5.03. The molecule has 2 aromatic carbocycles. The van der Waals surface area contributed by atoms with Crippen molar-refractivity contribution in [1.82, 2.24) is 0 Å². The number of amides is 1. The monoisotopic (exact) mass is 305 g/mol. The molecule has 0 spiro atoms. The quantitative estimate of drug-likeness (QED) is 0.757. The number of anilines is 3. The maximum Gasteiger partial charge on any atom is 0.250 e. The molecule has 0 saturated carbocycles. The number of hydrogen-bond donors (Lipinski definition) is 3. The minimum absolute atomic E-state index is 0.226. The van der Waals surface area contributed by atoms with E-state index in [9.17, 15) is 4.79 Å². The molecule has 2 rings (SSSR count). The van der Waals surface area contributed by atoms with Gasteiger partial charge in [0.15, 0.2) is 0 Å². The maximum atomic E-state index is 11.6. The lowest BCUT2D eigenvalue weighted by molar-refractivity contribution is 0.100. The number of halogens is 1. The third-order valence-electron chi connectivity index (χ3n) is 2.99. The molecule has 2 aromatic rings. The van der Waals surface area contributed by atoms with Crippen molar-refractivity contribution in [3.63, 3.8) is 0 Å². The highest BCUT2D eigenvalue weighted by atomic mass is 35.5. The lowest BCUT2D eigenvalue weighted by atomic mass is 10.1. The Morgan fingerprint density at radius 2 is 2.00 bits per heavy atom. The lowest BCUT2D eigenvalue weighted by Crippen LogP contribution is -2.14. The standard InChI is InChI=1S/C15H16ClN3O2/c1-8-3-4-13(21-2)12(5-8)19-14-10(15(18)20)6-9(17)7-11(14)16/h3-7,19H,17H2,1-2H3,(H2,18,20). The van der Waals surface area contributed by atoms with Gasteiger partial charge in [-0.25, -0.2) is 0 Å². The minimum Gasteiger partial charge on any atom is -0.495 e. The Kier molecular flexibility index (Phi) is 4.23. The molecule has 5 N–H and O–H groups in total. The molecule has 6 heteroatoms. The fourth-order valence-corrected chi connectivity index (χ4v) is 2.28. The Morgan fingerprint density at radius 3 is 2.62 bits per heavy atom. The summed E-state index contributed by atoms with van der Waals surface area (Å²) in [5.74, 6) is 0.0160. The van der Waals surface area contributed by atoms with Gasteiger partial charge in [-0.2, -0.15) is 0 Å². The Hall–Kier alpha value is -2.40. The summed E-state index contributed by atoms with van der Waals surface area (Å²) in [6.07, 6.45) is 0. The predicted octanol–water partition coefficient (Wildman–Crippen LogP) is 3.08. The van der Waals surface area contributed by atoms with Crippen LogP contribution < -0.4 is 21.5 Å². The summed E-state index contributed by atoms with van der Waals surface area (Å²) >= 11 is 6.17. The number of nitrogens with one attached hydrogen (secondary N) is 1. The van der Waals surface area contributed by atoms with Gasteiger partial charge in [0, 0.05) is 5.69 Å². The zero-order valence-corrected chi connectivity index (χ0v) is 12.5. The van der Waals surface area contributed by atoms with Gasteiger partial charge in [-0.05, 0) is 36.8 Å². The van der Waals surface area contributed by atoms with Crippen LogP contribution in [0.15, 0.2) is 30.3 Å². The number of ether oxygens (including phenoxy) is 1. The van der Waals surface area contributed by atoms with Gasteiger partial charge < -0.3 is 21.5 Å². The normalized spacial score (nSPS) is 10.2. The molecule has 1 amide bonds. The van der Waals surface area contributed by atoms with Crippen molar-refractivity contribution < 1.29 is 9.53 Å². The Bertz CT molecular complexity index is 702. The van der Waals surface area contributed by atoms with Crippen LogP contribution in [0.3, 0.4) is 0 Å². The highest BCUT2D eigenvalue weighted by Crippen LogP contribution is 2.35.